The van der Waals surface area contributed by atoms with Crippen molar-refractivity contribution in [3.8, 4) is 0 Å². The zero-order valence-corrected chi connectivity index (χ0v) is 1.80. The maximum Gasteiger partial charge on any atom is 0 e. The number of hydrogen-bond donors (Lipinski definition) is 0. The van der Waals surface area contributed by atoms with Crippen molar-refractivity contribution in [2.75, 3.05) is 0 Å². The van der Waals surface area contributed by atoms with Gasteiger partial charge >= 0.3 is 0 Å². The van der Waals surface area contributed by atoms with Crippen molar-refractivity contribution < 1.29 is 17.0 Å². The van der Waals surface area contributed by atoms with Gasteiger partial charge in [-0.1, -0.05) is 0 Å². The molecule has 0 saturated carbocycles. The maximum absolute atomic E-state index is 0. The normalized spacial score (nSPS) is 0. The molecule has 4 heteroatoms. The summed E-state index contributed by atoms with van der Waals surface area (Å²) in [4.78, 5) is 0. The molecule has 0 aliphatic carbocycles. The molecule has 0 aromatic heterocycles. The minimum Gasteiger partial charge on any atom is -0.269 e. The molecule has 0 aliphatic rings. The van der Waals surface area contributed by atoms with Gasteiger partial charge in [0, 0.05) is 11.3 Å². The maximum atomic E-state index is 0. The van der Waals surface area contributed by atoms with Crippen molar-refractivity contribution in [1.29, 1.82) is 0 Å². The monoisotopic (exact) mass is 75.1 g/mol. The summed E-state index contributed by atoms with van der Waals surface area (Å²) in [5.74, 6) is 0. The molecule has 0 rings (SSSR count). The Hall–Kier alpha value is -0.145. The van der Waals surface area contributed by atoms with Gasteiger partial charge in [0.2, 0.25) is 0 Å². The highest BCUT2D eigenvalue weighted by atomic mass is 19.0. The van der Waals surface area contributed by atoms with Crippen LogP contribution in [0.3, 0.4) is 0 Å². The second kappa shape index (κ2) is 467. The van der Waals surface area contributed by atoms with Gasteiger partial charge in [0.15, 0.2) is 0 Å². The first kappa shape index (κ1) is 1490. The van der Waals surface area contributed by atoms with E-state index in [1.165, 1.54) is 0 Å². The van der Waals surface area contributed by atoms with Crippen LogP contribution in [0.15, 0.2) is 0 Å². The van der Waals surface area contributed by atoms with Gasteiger partial charge in [-0.2, -0.15) is 0 Å². The van der Waals surface area contributed by atoms with E-state index in [2.05, 4.69) is 0 Å². The second-order valence-electron chi connectivity index (χ2n) is 0. The fourth-order valence-corrected chi connectivity index (χ4v) is 0. The molecule has 0 fully saturated rings. The van der Waals surface area contributed by atoms with E-state index in [4.69, 9.17) is 0 Å². The van der Waals surface area contributed by atoms with Gasteiger partial charge in [-0.05, 0) is 0 Å². The Kier molecular flexibility index (Phi) is 174000. The third-order valence-electron chi connectivity index (χ3n) is 0. The van der Waals surface area contributed by atoms with Crippen LogP contribution < -0.4 is 0 Å². The van der Waals surface area contributed by atoms with Crippen LogP contribution in [-0.2, 0) is 0 Å². The fourth-order valence-electron chi connectivity index (χ4n) is 0. The van der Waals surface area contributed by atoms with Crippen molar-refractivity contribution in [1.82, 2.24) is 0 Å². The highest BCUT2D eigenvalue weighted by Crippen LogP contribution is 0.422. The van der Waals surface area contributed by atoms with E-state index >= 15 is 0 Å². The van der Waals surface area contributed by atoms with Crippen LogP contribution in [0, 0.1) is 0 Å². The molecule has 0 spiro atoms. The van der Waals surface area contributed by atoms with Crippen molar-refractivity contribution in [2.24, 2.45) is 0 Å². The average Bonchev–Trinajstić information content (AvgIpc) is 0. The Morgan fingerprint density at radius 3 is 0.750 bits per heavy atom. The molecular weight excluding hydrogens is 67.8 g/mol. The lowest BCUT2D eigenvalue weighted by Crippen LogP contribution is -0.381. The molecule has 0 aromatic carbocycles. The van der Waals surface area contributed by atoms with Crippen LogP contribution in [0.1, 0.15) is 2.85 Å². The van der Waals surface area contributed by atoms with Crippen LogP contribution in [0.25, 0.3) is 0 Å². The van der Waals surface area contributed by atoms with Gasteiger partial charge in [-0.15, -0.1) is 0 Å². The molecule has 0 atom stereocenters. The average molecular weight is 74.9 g/mol. The largest absolute Gasteiger partial charge is 0.269 e. The Morgan fingerprint density at radius 2 is 0.750 bits per heavy atom. The van der Waals surface area contributed by atoms with E-state index < -0.39 is 0 Å². The first-order valence-corrected chi connectivity index (χ1v) is 0. The lowest BCUT2D eigenvalue weighted by molar-refractivity contribution is 1.11. The summed E-state index contributed by atoms with van der Waals surface area (Å²) >= 11 is 0. The summed E-state index contributed by atoms with van der Waals surface area (Å²) in [7, 11) is 0. The van der Waals surface area contributed by atoms with Crippen LogP contribution >= 0.6 is 0 Å². The molecule has 0 nitrogen and oxygen atoms in total. The van der Waals surface area contributed by atoms with E-state index in [-0.39, 0.29) is 25.4 Å². The van der Waals surface area contributed by atoms with Gasteiger partial charge in [0.1, 0.15) is 0 Å². The summed E-state index contributed by atoms with van der Waals surface area (Å²) in [6, 6.07) is 0. The molecule has 0 aliphatic heterocycles. The van der Waals surface area contributed by atoms with Gasteiger partial charge < -0.3 is 0 Å². The summed E-state index contributed by atoms with van der Waals surface area (Å²) in [5, 5.41) is 0. The molecule has 0 aromatic rings. The highest BCUT2D eigenvalue weighted by Gasteiger charge is 0.0000112. The first-order valence-electron chi connectivity index (χ1n) is 0. The Bertz CT molecular complexity index is 8.75. The smallest absolute Gasteiger partial charge is 0 e. The molecule has 4 heavy (non-hydrogen) atoms. The standard InChI is InChI=1S/B.3FH.2H2/h;5*1H. The van der Waals surface area contributed by atoms with Crippen LogP contribution in [0.2, 0.25) is 0 Å². The molecule has 0 N–H and O–H groups in total. The van der Waals surface area contributed by atoms with Gasteiger partial charge in [-0.3, -0.25) is 14.1 Å². The van der Waals surface area contributed by atoms with Gasteiger partial charge in [0.25, 0.3) is 0 Å². The Morgan fingerprint density at radius 1 is 0.750 bits per heavy atom. The van der Waals surface area contributed by atoms with Gasteiger partial charge in [0.05, 0.1) is 0 Å². The molecule has 0 heterocycles. The van der Waals surface area contributed by atoms with Gasteiger partial charge in [-0.25, -0.2) is 0 Å². The van der Waals surface area contributed by atoms with Crippen LogP contribution in [-0.4, -0.2) is 8.41 Å². The summed E-state index contributed by atoms with van der Waals surface area (Å²) in [5.41, 5.74) is 0. The molecular formula is H7BF3. The van der Waals surface area contributed by atoms with Crippen LogP contribution in [0.4, 0.5) is 14.1 Å². The fraction of sp³-hybridized carbons (Fsp3) is 0. The zero-order chi connectivity index (χ0) is 0. The SMILES string of the molecule is F.F.F.[B].[HH].[HH]. The van der Waals surface area contributed by atoms with Crippen molar-refractivity contribution in [3.05, 3.63) is 0 Å². The number of halogens is 3. The van der Waals surface area contributed by atoms with E-state index in [1.807, 2.05) is 0 Å². The minimum absolute atomic E-state index is 0. The van der Waals surface area contributed by atoms with Crippen molar-refractivity contribution in [3.63, 3.8) is 0 Å². The van der Waals surface area contributed by atoms with Crippen LogP contribution in [0.5, 0.6) is 0 Å². The topological polar surface area (TPSA) is 0 Å². The summed E-state index contributed by atoms with van der Waals surface area (Å²) in [6.07, 6.45) is 0. The van der Waals surface area contributed by atoms with Crippen molar-refractivity contribution >= 4 is 8.41 Å². The quantitative estimate of drug-likeness (QED) is 0.369. The molecule has 0 saturated heterocycles. The van der Waals surface area contributed by atoms with E-state index in [9.17, 15) is 0 Å². The second-order valence-corrected chi connectivity index (χ2v) is 0. The van der Waals surface area contributed by atoms with E-state index in [0.717, 1.165) is 0 Å². The first-order chi connectivity index (χ1) is 0. The molecule has 0 amide bonds. The summed E-state index contributed by atoms with van der Waals surface area (Å²) in [6.45, 7) is 0. The van der Waals surface area contributed by atoms with E-state index in [1.54, 1.807) is 0 Å². The lowest BCUT2D eigenvalue weighted by Gasteiger charge is -0.270. The Balaban J connectivity index is 0. The Labute approximate surface area is 26.8 Å². The number of rotatable bonds is 0. The predicted octanol–water partition coefficient (Wildman–Crippen LogP) is 0.569. The molecule has 0 unspecified atom stereocenters. The third-order valence-corrected chi connectivity index (χ3v) is 0. The molecule has 0 bridgehead atoms. The van der Waals surface area contributed by atoms with Crippen molar-refractivity contribution in [2.45, 2.75) is 0 Å². The van der Waals surface area contributed by atoms with E-state index in [0.29, 0.717) is 0 Å². The number of hydrogen-bond acceptors (Lipinski definition) is 0. The minimum atomic E-state index is 0. The summed E-state index contributed by atoms with van der Waals surface area (Å²) < 4.78 is 0. The molecule has 3 radical (unpaired) electrons. The zero-order valence-electron chi connectivity index (χ0n) is 1.80. The highest BCUT2D eigenvalue weighted by molar-refractivity contribution is 5.75. The predicted molar refractivity (Wildman–Crippen MR) is 17.5 cm³/mol. The lowest BCUT2D eigenvalue weighted by atomic mass is 10.8. The third kappa shape index (κ3) is 64.4. The molecule has 31 valence electrons.